The van der Waals surface area contributed by atoms with E-state index in [2.05, 4.69) is 10.3 Å². The molecule has 8 heteroatoms. The molecule has 1 N–H and O–H groups in total. The number of ether oxygens (including phenoxy) is 5. The van der Waals surface area contributed by atoms with Crippen LogP contribution >= 0.6 is 0 Å². The van der Waals surface area contributed by atoms with Gasteiger partial charge in [0.2, 0.25) is 5.75 Å². The van der Waals surface area contributed by atoms with Gasteiger partial charge in [0.15, 0.2) is 17.5 Å². The highest BCUT2D eigenvalue weighted by Crippen LogP contribution is 2.39. The lowest BCUT2D eigenvalue weighted by atomic mass is 10.1. The lowest BCUT2D eigenvalue weighted by molar-refractivity contribution is 0.322. The van der Waals surface area contributed by atoms with Gasteiger partial charge in [-0.2, -0.15) is 0 Å². The smallest absolute Gasteiger partial charge is 0.203 e. The van der Waals surface area contributed by atoms with Crippen LogP contribution in [0.1, 0.15) is 11.1 Å². The highest BCUT2D eigenvalue weighted by Gasteiger charge is 2.17. The van der Waals surface area contributed by atoms with Crippen molar-refractivity contribution in [1.82, 2.24) is 10.2 Å². The molecule has 0 fully saturated rings. The van der Waals surface area contributed by atoms with Crippen LogP contribution in [0.15, 0.2) is 35.3 Å². The molecule has 0 spiro atoms. The van der Waals surface area contributed by atoms with Gasteiger partial charge in [0.1, 0.15) is 11.5 Å². The van der Waals surface area contributed by atoms with Crippen LogP contribution < -0.4 is 29.0 Å². The lowest BCUT2D eigenvalue weighted by Crippen LogP contribution is -2.38. The van der Waals surface area contributed by atoms with Crippen LogP contribution in [0.4, 0.5) is 0 Å². The maximum absolute atomic E-state index is 5.56. The third-order valence-electron chi connectivity index (χ3n) is 4.70. The van der Waals surface area contributed by atoms with E-state index in [0.29, 0.717) is 30.3 Å². The topological polar surface area (TPSA) is 73.8 Å². The predicted molar refractivity (Wildman–Crippen MR) is 117 cm³/mol. The number of benzene rings is 2. The zero-order valence-electron chi connectivity index (χ0n) is 18.7. The maximum atomic E-state index is 5.56. The van der Waals surface area contributed by atoms with Crippen LogP contribution in [0.3, 0.4) is 0 Å². The zero-order valence-corrected chi connectivity index (χ0v) is 18.7. The van der Waals surface area contributed by atoms with Crippen molar-refractivity contribution in [3.63, 3.8) is 0 Å². The summed E-state index contributed by atoms with van der Waals surface area (Å²) in [5.41, 5.74) is 1.94. The molecule has 164 valence electrons. The number of methoxy groups -OCH3 is 5. The zero-order chi connectivity index (χ0) is 22.1. The fraction of sp³-hybridized carbons (Fsp3) is 0.409. The minimum absolute atomic E-state index is 0.500. The summed E-state index contributed by atoms with van der Waals surface area (Å²) in [6.07, 6.45) is 0. The van der Waals surface area contributed by atoms with Gasteiger partial charge in [-0.1, -0.05) is 0 Å². The highest BCUT2D eigenvalue weighted by molar-refractivity contribution is 5.79. The molecule has 0 saturated heterocycles. The van der Waals surface area contributed by atoms with Gasteiger partial charge in [0.05, 0.1) is 35.5 Å². The molecule has 0 unspecified atom stereocenters. The Hall–Kier alpha value is -3.29. The molecule has 0 aliphatic carbocycles. The first-order chi connectivity index (χ1) is 14.5. The van der Waals surface area contributed by atoms with Crippen molar-refractivity contribution in [3.05, 3.63) is 41.5 Å². The molecule has 2 aromatic rings. The summed E-state index contributed by atoms with van der Waals surface area (Å²) >= 11 is 0. The first-order valence-corrected chi connectivity index (χ1v) is 9.43. The molecular weight excluding hydrogens is 386 g/mol. The molecule has 0 radical (unpaired) electrons. The van der Waals surface area contributed by atoms with E-state index < -0.39 is 0 Å². The molecule has 0 atom stereocenters. The first kappa shape index (κ1) is 23.0. The molecule has 0 amide bonds. The molecule has 2 aromatic carbocycles. The molecule has 2 rings (SSSR count). The second-order valence-corrected chi connectivity index (χ2v) is 6.43. The maximum Gasteiger partial charge on any atom is 0.203 e. The van der Waals surface area contributed by atoms with Gasteiger partial charge in [-0.3, -0.25) is 4.99 Å². The molecule has 0 saturated carbocycles. The van der Waals surface area contributed by atoms with Crippen molar-refractivity contribution >= 4 is 5.96 Å². The van der Waals surface area contributed by atoms with Gasteiger partial charge in [0.25, 0.3) is 0 Å². The van der Waals surface area contributed by atoms with Gasteiger partial charge >= 0.3 is 0 Å². The average molecular weight is 418 g/mol. The van der Waals surface area contributed by atoms with Crippen LogP contribution in [-0.4, -0.2) is 60.5 Å². The Morgan fingerprint density at radius 2 is 1.50 bits per heavy atom. The Labute approximate surface area is 178 Å². The van der Waals surface area contributed by atoms with E-state index in [4.69, 9.17) is 23.7 Å². The Kier molecular flexibility index (Phi) is 8.46. The molecule has 8 nitrogen and oxygen atoms in total. The van der Waals surface area contributed by atoms with Crippen molar-refractivity contribution < 1.29 is 23.7 Å². The van der Waals surface area contributed by atoms with E-state index >= 15 is 0 Å². The van der Waals surface area contributed by atoms with Gasteiger partial charge in [-0.15, -0.1) is 0 Å². The van der Waals surface area contributed by atoms with Gasteiger partial charge in [0, 0.05) is 44.4 Å². The standard InChI is InChI=1S/C22H31N3O5/c1-23-22(25(2)14-16-8-10-17(26-3)12-19(16)28-5)24-13-15-9-11-18(27-4)21(30-7)20(15)29-6/h8-12H,13-14H2,1-7H3,(H,23,24). The van der Waals surface area contributed by atoms with Crippen molar-refractivity contribution in [2.24, 2.45) is 4.99 Å². The van der Waals surface area contributed by atoms with E-state index in [1.54, 1.807) is 42.6 Å². The Balaban J connectivity index is 2.15. The summed E-state index contributed by atoms with van der Waals surface area (Å²) in [4.78, 5) is 6.40. The number of guanidine groups is 1. The summed E-state index contributed by atoms with van der Waals surface area (Å²) in [5.74, 6) is 4.04. The largest absolute Gasteiger partial charge is 0.497 e. The monoisotopic (exact) mass is 417 g/mol. The normalized spacial score (nSPS) is 11.0. The van der Waals surface area contributed by atoms with Gasteiger partial charge < -0.3 is 33.9 Å². The molecule has 30 heavy (non-hydrogen) atoms. The Bertz CT molecular complexity index is 870. The highest BCUT2D eigenvalue weighted by atomic mass is 16.5. The van der Waals surface area contributed by atoms with Crippen LogP contribution in [0.5, 0.6) is 28.7 Å². The summed E-state index contributed by atoms with van der Waals surface area (Å²) in [7, 11) is 11.8. The number of aliphatic imine (C=N–C) groups is 1. The summed E-state index contributed by atoms with van der Waals surface area (Å²) in [6.45, 7) is 1.11. The van der Waals surface area contributed by atoms with Crippen molar-refractivity contribution in [2.45, 2.75) is 13.1 Å². The van der Waals surface area contributed by atoms with E-state index in [1.165, 1.54) is 0 Å². The number of hydrogen-bond acceptors (Lipinski definition) is 6. The fourth-order valence-corrected chi connectivity index (χ4v) is 3.17. The van der Waals surface area contributed by atoms with Crippen molar-refractivity contribution in [3.8, 4) is 28.7 Å². The molecule has 0 bridgehead atoms. The molecule has 0 aromatic heterocycles. The lowest BCUT2D eigenvalue weighted by Gasteiger charge is -2.24. The van der Waals surface area contributed by atoms with Crippen molar-refractivity contribution in [1.29, 1.82) is 0 Å². The minimum atomic E-state index is 0.500. The van der Waals surface area contributed by atoms with E-state index in [0.717, 1.165) is 28.6 Å². The summed E-state index contributed by atoms with van der Waals surface area (Å²) < 4.78 is 27.1. The van der Waals surface area contributed by atoms with Crippen molar-refractivity contribution in [2.75, 3.05) is 49.6 Å². The SMILES string of the molecule is CN=C(NCc1ccc(OC)c(OC)c1OC)N(C)Cc1ccc(OC)cc1OC. The van der Waals surface area contributed by atoms with E-state index in [-0.39, 0.29) is 0 Å². The second-order valence-electron chi connectivity index (χ2n) is 6.43. The van der Waals surface area contributed by atoms with Crippen LogP contribution in [-0.2, 0) is 13.1 Å². The number of nitrogens with zero attached hydrogens (tertiary/aromatic N) is 2. The molecule has 0 aliphatic heterocycles. The fourth-order valence-electron chi connectivity index (χ4n) is 3.17. The quantitative estimate of drug-likeness (QED) is 0.497. The van der Waals surface area contributed by atoms with Crippen LogP contribution in [0.25, 0.3) is 0 Å². The number of rotatable bonds is 9. The van der Waals surface area contributed by atoms with Crippen LogP contribution in [0, 0.1) is 0 Å². The molecule has 0 heterocycles. The predicted octanol–water partition coefficient (Wildman–Crippen LogP) is 2.94. The van der Waals surface area contributed by atoms with E-state index in [1.807, 2.05) is 42.3 Å². The minimum Gasteiger partial charge on any atom is -0.497 e. The van der Waals surface area contributed by atoms with Gasteiger partial charge in [-0.25, -0.2) is 0 Å². The third-order valence-corrected chi connectivity index (χ3v) is 4.70. The third kappa shape index (κ3) is 5.20. The Morgan fingerprint density at radius 1 is 0.833 bits per heavy atom. The molecular formula is C22H31N3O5. The number of nitrogens with one attached hydrogen (secondary N) is 1. The number of hydrogen-bond donors (Lipinski definition) is 1. The van der Waals surface area contributed by atoms with Gasteiger partial charge in [-0.05, 0) is 24.3 Å². The second kappa shape index (κ2) is 11.0. The molecule has 0 aliphatic rings. The summed E-state index contributed by atoms with van der Waals surface area (Å²) in [6, 6.07) is 9.56. The van der Waals surface area contributed by atoms with E-state index in [9.17, 15) is 0 Å². The summed E-state index contributed by atoms with van der Waals surface area (Å²) in [5, 5.41) is 3.36. The first-order valence-electron chi connectivity index (χ1n) is 9.43. The van der Waals surface area contributed by atoms with Crippen LogP contribution in [0.2, 0.25) is 0 Å². The average Bonchev–Trinajstić information content (AvgIpc) is 2.78. The Morgan fingerprint density at radius 3 is 2.07 bits per heavy atom.